The fourth-order valence-electron chi connectivity index (χ4n) is 11.3. The molecule has 0 fully saturated rings. The summed E-state index contributed by atoms with van der Waals surface area (Å²) in [6, 6.07) is 93.9. The second kappa shape index (κ2) is 16.4. The van der Waals surface area contributed by atoms with Gasteiger partial charge in [0.2, 0.25) is 0 Å². The molecule has 0 saturated carbocycles. The number of fused-ring (bicyclic) bond motifs is 12. The molecular formula is C68H43N3O2. The molecular weight excluding hydrogens is 891 g/mol. The van der Waals surface area contributed by atoms with Crippen molar-refractivity contribution in [2.24, 2.45) is 0 Å². The molecule has 5 heteroatoms. The number of nitrogens with zero attached hydrogens (tertiary/aromatic N) is 3. The molecule has 5 nitrogen and oxygen atoms in total. The minimum Gasteiger partial charge on any atom is -0.456 e. The summed E-state index contributed by atoms with van der Waals surface area (Å²) in [5, 5.41) is 11.5. The number of anilines is 6. The molecule has 0 unspecified atom stereocenters. The van der Waals surface area contributed by atoms with Gasteiger partial charge in [0.1, 0.15) is 22.3 Å². The fraction of sp³-hybridized carbons (Fsp3) is 0. The van der Waals surface area contributed by atoms with Gasteiger partial charge in [-0.2, -0.15) is 0 Å². The van der Waals surface area contributed by atoms with Crippen LogP contribution in [-0.2, 0) is 0 Å². The van der Waals surface area contributed by atoms with Gasteiger partial charge in [0.05, 0.1) is 11.0 Å². The van der Waals surface area contributed by atoms with E-state index in [0.717, 1.165) is 106 Å². The number of benzene rings is 12. The molecule has 3 heterocycles. The maximum absolute atomic E-state index is 6.44. The van der Waals surface area contributed by atoms with Gasteiger partial charge >= 0.3 is 0 Å². The van der Waals surface area contributed by atoms with Gasteiger partial charge in [-0.15, -0.1) is 0 Å². The number of hydrogen-bond acceptors (Lipinski definition) is 4. The molecule has 0 N–H and O–H groups in total. The lowest BCUT2D eigenvalue weighted by Crippen LogP contribution is -2.13. The van der Waals surface area contributed by atoms with E-state index in [0.29, 0.717) is 0 Å². The molecule has 0 radical (unpaired) electrons. The Morgan fingerprint density at radius 1 is 0.260 bits per heavy atom. The first-order chi connectivity index (χ1) is 36.2. The van der Waals surface area contributed by atoms with Crippen LogP contribution in [0.5, 0.6) is 0 Å². The molecule has 0 aliphatic carbocycles. The van der Waals surface area contributed by atoms with Crippen LogP contribution in [0, 0.1) is 0 Å². The van der Waals surface area contributed by atoms with E-state index in [1.807, 2.05) is 18.2 Å². The van der Waals surface area contributed by atoms with Crippen LogP contribution in [0.25, 0.3) is 104 Å². The first-order valence-electron chi connectivity index (χ1n) is 24.8. The van der Waals surface area contributed by atoms with Crippen molar-refractivity contribution in [3.05, 3.63) is 261 Å². The van der Waals surface area contributed by atoms with Crippen LogP contribution in [0.4, 0.5) is 34.1 Å². The van der Waals surface area contributed by atoms with Crippen molar-refractivity contribution < 1.29 is 8.83 Å². The van der Waals surface area contributed by atoms with E-state index in [1.165, 1.54) is 32.3 Å². The Kier molecular flexibility index (Phi) is 9.19. The second-order valence-electron chi connectivity index (χ2n) is 18.9. The third-order valence-electron chi connectivity index (χ3n) is 14.6. The summed E-state index contributed by atoms with van der Waals surface area (Å²) in [4.78, 5) is 4.77. The highest BCUT2D eigenvalue weighted by Gasteiger charge is 2.23. The highest BCUT2D eigenvalue weighted by atomic mass is 16.3. The van der Waals surface area contributed by atoms with E-state index in [1.54, 1.807) is 0 Å². The third-order valence-corrected chi connectivity index (χ3v) is 14.6. The van der Waals surface area contributed by atoms with Crippen LogP contribution in [-0.4, -0.2) is 4.57 Å². The van der Waals surface area contributed by atoms with Gasteiger partial charge in [-0.1, -0.05) is 133 Å². The van der Waals surface area contributed by atoms with Crippen molar-refractivity contribution in [1.82, 2.24) is 4.57 Å². The van der Waals surface area contributed by atoms with E-state index in [2.05, 4.69) is 257 Å². The summed E-state index contributed by atoms with van der Waals surface area (Å²) in [6.07, 6.45) is 0. The van der Waals surface area contributed by atoms with Crippen LogP contribution in [0.1, 0.15) is 0 Å². The zero-order valence-electron chi connectivity index (χ0n) is 39.5. The number of para-hydroxylation sites is 5. The minimum atomic E-state index is 0.858. The van der Waals surface area contributed by atoms with Crippen LogP contribution >= 0.6 is 0 Å². The Morgan fingerprint density at radius 3 is 1.58 bits per heavy atom. The van der Waals surface area contributed by atoms with Crippen molar-refractivity contribution in [3.63, 3.8) is 0 Å². The van der Waals surface area contributed by atoms with E-state index in [9.17, 15) is 0 Å². The van der Waals surface area contributed by atoms with E-state index < -0.39 is 0 Å². The van der Waals surface area contributed by atoms with Crippen molar-refractivity contribution in [2.45, 2.75) is 0 Å². The zero-order valence-corrected chi connectivity index (χ0v) is 39.5. The first-order valence-corrected chi connectivity index (χ1v) is 24.8. The maximum Gasteiger partial charge on any atom is 0.136 e. The Bertz CT molecular complexity index is 4630. The molecule has 12 aromatic carbocycles. The zero-order chi connectivity index (χ0) is 48.0. The molecule has 342 valence electrons. The molecule has 0 saturated heterocycles. The average Bonchev–Trinajstić information content (AvgIpc) is 4.12. The first kappa shape index (κ1) is 41.0. The molecule has 15 aromatic rings. The summed E-state index contributed by atoms with van der Waals surface area (Å²) in [6.45, 7) is 0. The van der Waals surface area contributed by atoms with Crippen molar-refractivity contribution in [3.8, 4) is 16.8 Å². The Labute approximate surface area is 420 Å². The van der Waals surface area contributed by atoms with Gasteiger partial charge in [-0.3, -0.25) is 0 Å². The van der Waals surface area contributed by atoms with Gasteiger partial charge in [0.25, 0.3) is 0 Å². The lowest BCUT2D eigenvalue weighted by atomic mass is 9.98. The monoisotopic (exact) mass is 933 g/mol. The number of aromatic nitrogens is 1. The highest BCUT2D eigenvalue weighted by molar-refractivity contribution is 6.23. The fourth-order valence-corrected chi connectivity index (χ4v) is 11.3. The van der Waals surface area contributed by atoms with Crippen LogP contribution in [0.2, 0.25) is 0 Å². The SMILES string of the molecule is c1ccc(N(c2cc(-c3ccc4c(c3)c3cc5c(ccc6oc7ccccc7c65)cc3n4-c3ccccc3)cc(N(c3ccccc3)c3ccc4oc5ccccc5c4c3)c2)c2ccc3ccccc3c2)cc1. The minimum absolute atomic E-state index is 0.858. The van der Waals surface area contributed by atoms with Gasteiger partial charge in [-0.05, 0) is 160 Å². The van der Waals surface area contributed by atoms with Crippen LogP contribution in [0.15, 0.2) is 270 Å². The average molecular weight is 934 g/mol. The Balaban J connectivity index is 1.01. The number of rotatable bonds is 8. The van der Waals surface area contributed by atoms with Gasteiger partial charge < -0.3 is 23.2 Å². The Morgan fingerprint density at radius 2 is 0.822 bits per heavy atom. The van der Waals surface area contributed by atoms with Crippen LogP contribution in [0.3, 0.4) is 0 Å². The topological polar surface area (TPSA) is 37.7 Å². The molecule has 0 spiro atoms. The van der Waals surface area contributed by atoms with E-state index in [4.69, 9.17) is 8.83 Å². The molecule has 0 aliphatic rings. The predicted molar refractivity (Wildman–Crippen MR) is 305 cm³/mol. The Hall–Kier alpha value is -9.84. The highest BCUT2D eigenvalue weighted by Crippen LogP contribution is 2.47. The summed E-state index contributed by atoms with van der Waals surface area (Å²) in [7, 11) is 0. The van der Waals surface area contributed by atoms with Crippen molar-refractivity contribution in [1.29, 1.82) is 0 Å². The second-order valence-corrected chi connectivity index (χ2v) is 18.9. The normalized spacial score (nSPS) is 11.8. The largest absolute Gasteiger partial charge is 0.456 e. The van der Waals surface area contributed by atoms with Gasteiger partial charge in [-0.25, -0.2) is 0 Å². The molecule has 0 bridgehead atoms. The molecule has 15 rings (SSSR count). The molecule has 3 aromatic heterocycles. The van der Waals surface area contributed by atoms with Gasteiger partial charge in [0.15, 0.2) is 0 Å². The number of hydrogen-bond donors (Lipinski definition) is 0. The van der Waals surface area contributed by atoms with Crippen LogP contribution < -0.4 is 9.80 Å². The summed E-state index contributed by atoms with van der Waals surface area (Å²) >= 11 is 0. The molecule has 0 aliphatic heterocycles. The summed E-state index contributed by atoms with van der Waals surface area (Å²) in [5.41, 5.74) is 15.3. The van der Waals surface area contributed by atoms with E-state index >= 15 is 0 Å². The maximum atomic E-state index is 6.44. The predicted octanol–water partition coefficient (Wildman–Crippen LogP) is 19.5. The van der Waals surface area contributed by atoms with E-state index in [-0.39, 0.29) is 0 Å². The lowest BCUT2D eigenvalue weighted by molar-refractivity contribution is 0.668. The third kappa shape index (κ3) is 6.71. The summed E-state index contributed by atoms with van der Waals surface area (Å²) < 4.78 is 15.2. The van der Waals surface area contributed by atoms with Gasteiger partial charge in [0, 0.05) is 72.1 Å². The number of furan rings is 2. The molecule has 0 amide bonds. The van der Waals surface area contributed by atoms with Crippen molar-refractivity contribution >= 4 is 121 Å². The smallest absolute Gasteiger partial charge is 0.136 e. The van der Waals surface area contributed by atoms with Crippen molar-refractivity contribution in [2.75, 3.05) is 9.80 Å². The molecule has 0 atom stereocenters. The quantitative estimate of drug-likeness (QED) is 0.152. The summed E-state index contributed by atoms with van der Waals surface area (Å²) in [5.74, 6) is 0. The standard InChI is InChI=1S/C68H43N3O2/c1-4-18-49(19-5-1)69(52-31-28-44-16-10-11-17-45(44)36-52)54-37-48(38-55(41-54)70(50-20-6-2-7-21-50)53-32-35-66-61(42-53)56-24-12-14-26-64(56)72-66)46-29-33-62-59(39-46)60-43-58-47(40-63(60)71(62)51-22-8-3-9-23-51)30-34-67-68(58)57-25-13-15-27-65(57)73-67/h1-43H. The molecule has 73 heavy (non-hydrogen) atoms. The lowest BCUT2D eigenvalue weighted by Gasteiger charge is -2.30.